The maximum Gasteiger partial charge on any atom is 0.166 e. The van der Waals surface area contributed by atoms with E-state index in [2.05, 4.69) is 0 Å². The molecule has 106 valence electrons. The summed E-state index contributed by atoms with van der Waals surface area (Å²) < 4.78 is 16.3. The van der Waals surface area contributed by atoms with Gasteiger partial charge in [0.05, 0.1) is 14.2 Å². The van der Waals surface area contributed by atoms with Crippen LogP contribution in [-0.4, -0.2) is 26.6 Å². The standard InChI is InChI=1S/C15H22O4/c1-5-10-19-14(12(16)6-2)11-8-7-9-13(17-3)15(11)18-4/h7-9,14H,5-6,10H2,1-4H3. The SMILES string of the molecule is CCCOC(C(=O)CC)c1cccc(OC)c1OC. The average Bonchev–Trinajstić information content (AvgIpc) is 2.46. The van der Waals surface area contributed by atoms with E-state index in [1.54, 1.807) is 20.3 Å². The highest BCUT2D eigenvalue weighted by molar-refractivity contribution is 5.85. The zero-order valence-corrected chi connectivity index (χ0v) is 12.1. The molecule has 1 atom stereocenters. The monoisotopic (exact) mass is 266 g/mol. The molecule has 0 bridgehead atoms. The maximum absolute atomic E-state index is 12.1. The van der Waals surface area contributed by atoms with Gasteiger partial charge >= 0.3 is 0 Å². The van der Waals surface area contributed by atoms with Crippen molar-refractivity contribution in [1.29, 1.82) is 0 Å². The molecule has 0 spiro atoms. The fourth-order valence-corrected chi connectivity index (χ4v) is 1.90. The van der Waals surface area contributed by atoms with Crippen LogP contribution in [0, 0.1) is 0 Å². The van der Waals surface area contributed by atoms with E-state index in [0.717, 1.165) is 12.0 Å². The van der Waals surface area contributed by atoms with Gasteiger partial charge < -0.3 is 14.2 Å². The van der Waals surface area contributed by atoms with Crippen LogP contribution in [-0.2, 0) is 9.53 Å². The van der Waals surface area contributed by atoms with Crippen molar-refractivity contribution in [3.05, 3.63) is 23.8 Å². The minimum atomic E-state index is -0.588. The van der Waals surface area contributed by atoms with Crippen molar-refractivity contribution in [1.82, 2.24) is 0 Å². The Morgan fingerprint density at radius 3 is 2.47 bits per heavy atom. The third-order valence-corrected chi connectivity index (χ3v) is 2.85. The van der Waals surface area contributed by atoms with Crippen LogP contribution in [0.15, 0.2) is 18.2 Å². The second-order valence-corrected chi connectivity index (χ2v) is 4.15. The molecule has 0 aliphatic heterocycles. The molecule has 1 aromatic rings. The fraction of sp³-hybridized carbons (Fsp3) is 0.533. The summed E-state index contributed by atoms with van der Waals surface area (Å²) >= 11 is 0. The Bertz CT molecular complexity index is 415. The number of carbonyl (C=O) groups excluding carboxylic acids is 1. The summed E-state index contributed by atoms with van der Waals surface area (Å²) in [6.45, 7) is 4.38. The van der Waals surface area contributed by atoms with Crippen molar-refractivity contribution >= 4 is 5.78 Å². The Morgan fingerprint density at radius 2 is 1.95 bits per heavy atom. The van der Waals surface area contributed by atoms with Gasteiger partial charge in [-0.1, -0.05) is 26.0 Å². The molecular formula is C15H22O4. The molecule has 0 amide bonds. The van der Waals surface area contributed by atoms with Crippen molar-refractivity contribution in [3.8, 4) is 11.5 Å². The molecule has 19 heavy (non-hydrogen) atoms. The van der Waals surface area contributed by atoms with Gasteiger partial charge in [0.2, 0.25) is 0 Å². The lowest BCUT2D eigenvalue weighted by atomic mass is 10.0. The van der Waals surface area contributed by atoms with E-state index >= 15 is 0 Å². The zero-order chi connectivity index (χ0) is 14.3. The molecule has 0 heterocycles. The normalized spacial score (nSPS) is 12.0. The number of carbonyl (C=O) groups is 1. The molecule has 0 fully saturated rings. The van der Waals surface area contributed by atoms with Crippen LogP contribution < -0.4 is 9.47 Å². The van der Waals surface area contributed by atoms with E-state index in [4.69, 9.17) is 14.2 Å². The number of hydrogen-bond donors (Lipinski definition) is 0. The molecule has 0 radical (unpaired) electrons. The largest absolute Gasteiger partial charge is 0.493 e. The zero-order valence-electron chi connectivity index (χ0n) is 12.1. The topological polar surface area (TPSA) is 44.8 Å². The molecule has 0 saturated carbocycles. The Hall–Kier alpha value is -1.55. The Morgan fingerprint density at radius 1 is 1.21 bits per heavy atom. The molecule has 0 aliphatic rings. The number of hydrogen-bond acceptors (Lipinski definition) is 4. The van der Waals surface area contributed by atoms with E-state index in [1.165, 1.54) is 0 Å². The summed E-state index contributed by atoms with van der Waals surface area (Å²) in [6.07, 6.45) is 0.698. The lowest BCUT2D eigenvalue weighted by molar-refractivity contribution is -0.130. The van der Waals surface area contributed by atoms with E-state index in [9.17, 15) is 4.79 Å². The van der Waals surface area contributed by atoms with Gasteiger partial charge in [-0.25, -0.2) is 0 Å². The molecule has 0 aromatic heterocycles. The first kappa shape index (κ1) is 15.5. The number of Topliss-reactive ketones (excluding diaryl/α,β-unsaturated/α-hetero) is 1. The van der Waals surface area contributed by atoms with Gasteiger partial charge in [0.15, 0.2) is 17.3 Å². The number of methoxy groups -OCH3 is 2. The number of para-hydroxylation sites is 1. The summed E-state index contributed by atoms with van der Waals surface area (Å²) in [6, 6.07) is 5.48. The van der Waals surface area contributed by atoms with E-state index < -0.39 is 6.10 Å². The predicted molar refractivity (Wildman–Crippen MR) is 73.8 cm³/mol. The lowest BCUT2D eigenvalue weighted by Gasteiger charge is -2.20. The lowest BCUT2D eigenvalue weighted by Crippen LogP contribution is -2.17. The first-order valence-electron chi connectivity index (χ1n) is 6.54. The Labute approximate surface area is 114 Å². The summed E-state index contributed by atoms with van der Waals surface area (Å²) in [5.41, 5.74) is 0.724. The molecule has 0 saturated heterocycles. The molecule has 1 rings (SSSR count). The number of rotatable bonds is 8. The van der Waals surface area contributed by atoms with Crippen LogP contribution in [0.25, 0.3) is 0 Å². The minimum Gasteiger partial charge on any atom is -0.493 e. The first-order valence-corrected chi connectivity index (χ1v) is 6.54. The van der Waals surface area contributed by atoms with Gasteiger partial charge in [-0.05, 0) is 12.5 Å². The van der Waals surface area contributed by atoms with Crippen molar-refractivity contribution < 1.29 is 19.0 Å². The third kappa shape index (κ3) is 3.70. The van der Waals surface area contributed by atoms with Crippen LogP contribution in [0.5, 0.6) is 11.5 Å². The van der Waals surface area contributed by atoms with Crippen LogP contribution in [0.1, 0.15) is 38.4 Å². The Kier molecular flexibility index (Phi) is 6.36. The van der Waals surface area contributed by atoms with Crippen LogP contribution in [0.3, 0.4) is 0 Å². The first-order chi connectivity index (χ1) is 9.19. The third-order valence-electron chi connectivity index (χ3n) is 2.85. The van der Waals surface area contributed by atoms with E-state index in [1.807, 2.05) is 26.0 Å². The number of benzene rings is 1. The highest BCUT2D eigenvalue weighted by Gasteiger charge is 2.24. The van der Waals surface area contributed by atoms with Crippen molar-refractivity contribution in [2.24, 2.45) is 0 Å². The van der Waals surface area contributed by atoms with Gasteiger partial charge in [0, 0.05) is 18.6 Å². The van der Waals surface area contributed by atoms with Gasteiger partial charge in [0.25, 0.3) is 0 Å². The molecule has 0 N–H and O–H groups in total. The number of ether oxygens (including phenoxy) is 3. The van der Waals surface area contributed by atoms with Gasteiger partial charge in [-0.2, -0.15) is 0 Å². The fourth-order valence-electron chi connectivity index (χ4n) is 1.90. The molecular weight excluding hydrogens is 244 g/mol. The average molecular weight is 266 g/mol. The molecule has 1 unspecified atom stereocenters. The summed E-state index contributed by atoms with van der Waals surface area (Å²) in [7, 11) is 3.14. The van der Waals surface area contributed by atoms with Crippen LogP contribution in [0.2, 0.25) is 0 Å². The molecule has 4 nitrogen and oxygen atoms in total. The smallest absolute Gasteiger partial charge is 0.166 e. The number of ketones is 1. The van der Waals surface area contributed by atoms with E-state index in [-0.39, 0.29) is 5.78 Å². The molecule has 1 aromatic carbocycles. The van der Waals surface area contributed by atoms with Gasteiger partial charge in [-0.15, -0.1) is 0 Å². The molecule has 0 aliphatic carbocycles. The summed E-state index contributed by atoms with van der Waals surface area (Å²) in [5.74, 6) is 1.21. The van der Waals surface area contributed by atoms with Crippen molar-refractivity contribution in [3.63, 3.8) is 0 Å². The highest BCUT2D eigenvalue weighted by Crippen LogP contribution is 2.36. The van der Waals surface area contributed by atoms with Crippen LogP contribution in [0.4, 0.5) is 0 Å². The van der Waals surface area contributed by atoms with Crippen molar-refractivity contribution in [2.75, 3.05) is 20.8 Å². The predicted octanol–water partition coefficient (Wildman–Crippen LogP) is 3.15. The highest BCUT2D eigenvalue weighted by atomic mass is 16.5. The second-order valence-electron chi connectivity index (χ2n) is 4.15. The van der Waals surface area contributed by atoms with E-state index in [0.29, 0.717) is 24.5 Å². The molecule has 4 heteroatoms. The maximum atomic E-state index is 12.1. The van der Waals surface area contributed by atoms with Crippen molar-refractivity contribution in [2.45, 2.75) is 32.8 Å². The second kappa shape index (κ2) is 7.79. The quantitative estimate of drug-likeness (QED) is 0.725. The minimum absolute atomic E-state index is 0.0417. The summed E-state index contributed by atoms with van der Waals surface area (Å²) in [4.78, 5) is 12.1. The Balaban J connectivity index is 3.17. The van der Waals surface area contributed by atoms with Gasteiger partial charge in [0.1, 0.15) is 6.10 Å². The summed E-state index contributed by atoms with van der Waals surface area (Å²) in [5, 5.41) is 0. The van der Waals surface area contributed by atoms with Gasteiger partial charge in [-0.3, -0.25) is 4.79 Å². The van der Waals surface area contributed by atoms with Crippen LogP contribution >= 0.6 is 0 Å².